The zero-order valence-corrected chi connectivity index (χ0v) is 18.9. The molecule has 180 valence electrons. The molecule has 2 aliphatic rings. The molecule has 32 heavy (non-hydrogen) atoms. The Labute approximate surface area is 186 Å². The minimum absolute atomic E-state index is 0.109. The molecule has 11 heteroatoms. The van der Waals surface area contributed by atoms with Gasteiger partial charge in [-0.15, -0.1) is 13.2 Å². The molecule has 0 bridgehead atoms. The third-order valence-electron chi connectivity index (χ3n) is 6.36. The van der Waals surface area contributed by atoms with Crippen LogP contribution in [0.5, 0.6) is 5.75 Å². The van der Waals surface area contributed by atoms with Crippen LogP contribution in [-0.2, 0) is 14.8 Å². The van der Waals surface area contributed by atoms with Crippen molar-refractivity contribution >= 4 is 15.9 Å². The Morgan fingerprint density at radius 3 is 2.31 bits per heavy atom. The number of carbonyl (C=O) groups is 1. The maximum Gasteiger partial charge on any atom is 0.573 e. The number of likely N-dealkylation sites (tertiary alicyclic amines) is 1. The molecule has 1 aromatic rings. The molecule has 0 radical (unpaired) electrons. The maximum atomic E-state index is 13.7. The molecule has 0 saturated carbocycles. The van der Waals surface area contributed by atoms with Crippen LogP contribution in [-0.4, -0.2) is 55.2 Å². The summed E-state index contributed by atoms with van der Waals surface area (Å²) in [5.41, 5.74) is 4.72. The molecule has 0 spiro atoms. The molecule has 2 atom stereocenters. The third-order valence-corrected chi connectivity index (χ3v) is 8.33. The summed E-state index contributed by atoms with van der Waals surface area (Å²) >= 11 is 0. The Bertz CT molecular complexity index is 902. The van der Waals surface area contributed by atoms with E-state index in [1.165, 1.54) is 4.31 Å². The first-order valence-electron chi connectivity index (χ1n) is 10.9. The van der Waals surface area contributed by atoms with Crippen LogP contribution in [0.2, 0.25) is 0 Å². The molecule has 0 aromatic heterocycles. The van der Waals surface area contributed by atoms with Gasteiger partial charge in [-0.3, -0.25) is 9.69 Å². The first-order chi connectivity index (χ1) is 15.0. The van der Waals surface area contributed by atoms with Crippen LogP contribution in [0.15, 0.2) is 29.2 Å². The van der Waals surface area contributed by atoms with Gasteiger partial charge >= 0.3 is 6.36 Å². The van der Waals surface area contributed by atoms with Gasteiger partial charge in [0.15, 0.2) is 0 Å². The van der Waals surface area contributed by atoms with Crippen molar-refractivity contribution in [2.45, 2.75) is 68.8 Å². The van der Waals surface area contributed by atoms with Gasteiger partial charge in [-0.1, -0.05) is 19.8 Å². The zero-order valence-electron chi connectivity index (χ0n) is 18.1. The molecule has 2 fully saturated rings. The molecule has 1 aromatic carbocycles. The quantitative estimate of drug-likeness (QED) is 0.649. The Hall–Kier alpha value is -1.85. The van der Waals surface area contributed by atoms with Gasteiger partial charge in [0, 0.05) is 12.5 Å². The topological polar surface area (TPSA) is 92.9 Å². The lowest BCUT2D eigenvalue weighted by atomic mass is 9.82. The first kappa shape index (κ1) is 24.8. The zero-order chi connectivity index (χ0) is 23.6. The molecule has 2 unspecified atom stereocenters. The second-order valence-electron chi connectivity index (χ2n) is 8.47. The highest BCUT2D eigenvalue weighted by Crippen LogP contribution is 2.43. The van der Waals surface area contributed by atoms with Crippen molar-refractivity contribution in [1.82, 2.24) is 9.21 Å². The lowest BCUT2D eigenvalue weighted by Crippen LogP contribution is -2.67. The number of hydrogen-bond donors (Lipinski definition) is 1. The van der Waals surface area contributed by atoms with Gasteiger partial charge in [0.1, 0.15) is 5.75 Å². The number of hydrogen-bond acceptors (Lipinski definition) is 5. The van der Waals surface area contributed by atoms with Crippen LogP contribution in [0.25, 0.3) is 0 Å². The van der Waals surface area contributed by atoms with E-state index in [0.29, 0.717) is 25.7 Å². The highest BCUT2D eigenvalue weighted by Gasteiger charge is 2.52. The number of halogens is 3. The van der Waals surface area contributed by atoms with Crippen molar-refractivity contribution in [3.63, 3.8) is 0 Å². The summed E-state index contributed by atoms with van der Waals surface area (Å²) in [6, 6.07) is 4.25. The fourth-order valence-corrected chi connectivity index (χ4v) is 6.80. The van der Waals surface area contributed by atoms with Gasteiger partial charge in [0.05, 0.1) is 10.6 Å². The van der Waals surface area contributed by atoms with Crippen LogP contribution in [0.3, 0.4) is 0 Å². The maximum absolute atomic E-state index is 13.7. The van der Waals surface area contributed by atoms with E-state index >= 15 is 0 Å². The number of benzene rings is 1. The number of piperidine rings is 2. The Balaban J connectivity index is 2.00. The number of ether oxygens (including phenoxy) is 1. The lowest BCUT2D eigenvalue weighted by molar-refractivity contribution is -0.274. The Morgan fingerprint density at radius 1 is 1.16 bits per heavy atom. The van der Waals surface area contributed by atoms with Crippen molar-refractivity contribution in [2.75, 3.05) is 19.6 Å². The first-order valence-corrected chi connectivity index (χ1v) is 12.4. The number of nitrogens with two attached hydrogens (primary N) is 1. The summed E-state index contributed by atoms with van der Waals surface area (Å²) in [5, 5.41) is 0. The van der Waals surface area contributed by atoms with Crippen LogP contribution in [0.4, 0.5) is 13.2 Å². The summed E-state index contributed by atoms with van der Waals surface area (Å²) in [7, 11) is -4.05. The van der Waals surface area contributed by atoms with E-state index in [0.717, 1.165) is 56.6 Å². The number of carbonyl (C=O) groups excluding carboxylic acids is 1. The Morgan fingerprint density at radius 2 is 1.78 bits per heavy atom. The van der Waals surface area contributed by atoms with E-state index in [-0.39, 0.29) is 11.4 Å². The second kappa shape index (κ2) is 9.56. The normalized spacial score (nSPS) is 26.1. The van der Waals surface area contributed by atoms with Crippen LogP contribution >= 0.6 is 0 Å². The number of sulfonamides is 1. The highest BCUT2D eigenvalue weighted by molar-refractivity contribution is 7.89. The summed E-state index contributed by atoms with van der Waals surface area (Å²) in [4.78, 5) is 14.1. The van der Waals surface area contributed by atoms with Crippen LogP contribution in [0.1, 0.15) is 51.9 Å². The summed E-state index contributed by atoms with van der Waals surface area (Å²) in [5.74, 6) is -1.36. The van der Waals surface area contributed by atoms with Crippen LogP contribution < -0.4 is 10.5 Å². The smallest absolute Gasteiger partial charge is 0.406 e. The number of nitrogens with zero attached hydrogens (tertiary/aromatic N) is 2. The number of primary amides is 1. The molecule has 0 aliphatic carbocycles. The van der Waals surface area contributed by atoms with E-state index < -0.39 is 39.6 Å². The van der Waals surface area contributed by atoms with Crippen molar-refractivity contribution in [3.05, 3.63) is 24.3 Å². The molecule has 3 rings (SSSR count). The largest absolute Gasteiger partial charge is 0.573 e. The monoisotopic (exact) mass is 477 g/mol. The molecular weight excluding hydrogens is 447 g/mol. The number of rotatable bonds is 7. The predicted molar refractivity (Wildman–Crippen MR) is 112 cm³/mol. The van der Waals surface area contributed by atoms with Gasteiger partial charge in [-0.2, -0.15) is 4.31 Å². The van der Waals surface area contributed by atoms with Crippen molar-refractivity contribution in [2.24, 2.45) is 11.7 Å². The average molecular weight is 478 g/mol. The van der Waals surface area contributed by atoms with Crippen molar-refractivity contribution < 1.29 is 31.1 Å². The van der Waals surface area contributed by atoms with Gasteiger partial charge < -0.3 is 10.5 Å². The Kier molecular flexibility index (Phi) is 7.41. The molecular formula is C21H30F3N3O4S. The molecule has 2 N–H and O–H groups in total. The van der Waals surface area contributed by atoms with Crippen molar-refractivity contribution in [3.8, 4) is 5.75 Å². The van der Waals surface area contributed by atoms with Gasteiger partial charge in [0.2, 0.25) is 15.9 Å². The second-order valence-corrected chi connectivity index (χ2v) is 10.3. The van der Waals surface area contributed by atoms with E-state index in [1.54, 1.807) is 0 Å². The average Bonchev–Trinajstić information content (AvgIpc) is 2.73. The van der Waals surface area contributed by atoms with Gasteiger partial charge in [-0.05, 0) is 69.5 Å². The fraction of sp³-hybridized carbons (Fsp3) is 0.667. The highest BCUT2D eigenvalue weighted by atomic mass is 32.2. The molecule has 1 amide bonds. The van der Waals surface area contributed by atoms with Gasteiger partial charge in [0.25, 0.3) is 0 Å². The fourth-order valence-electron chi connectivity index (χ4n) is 4.99. The SMILES string of the molecule is CCCC1(N2CCCCC2)CC(C(N)=O)CCN1S(=O)(=O)c1ccc(OC(F)(F)F)cc1. The molecule has 7 nitrogen and oxygen atoms in total. The standard InChI is InChI=1S/C21H30F3N3O4S/c1-2-11-20(26-12-4-3-5-13-26)15-16(19(25)28)10-14-27(20)32(29,30)18-8-6-17(7-9-18)31-21(22,23)24/h6-9,16H,2-5,10-15H2,1H3,(H2,25,28). The third kappa shape index (κ3) is 5.20. The minimum Gasteiger partial charge on any atom is -0.406 e. The lowest BCUT2D eigenvalue weighted by Gasteiger charge is -2.55. The summed E-state index contributed by atoms with van der Waals surface area (Å²) < 4.78 is 70.1. The van der Waals surface area contributed by atoms with E-state index in [9.17, 15) is 26.4 Å². The molecule has 2 heterocycles. The summed E-state index contributed by atoms with van der Waals surface area (Å²) in [6.45, 7) is 3.52. The minimum atomic E-state index is -4.86. The summed E-state index contributed by atoms with van der Waals surface area (Å²) in [6.07, 6.45) is -0.0769. The predicted octanol–water partition coefficient (Wildman–Crippen LogP) is 3.45. The van der Waals surface area contributed by atoms with E-state index in [4.69, 9.17) is 5.73 Å². The number of alkyl halides is 3. The molecule has 2 aliphatic heterocycles. The van der Waals surface area contributed by atoms with Crippen LogP contribution in [0, 0.1) is 5.92 Å². The molecule has 2 saturated heterocycles. The van der Waals surface area contributed by atoms with E-state index in [1.807, 2.05) is 6.92 Å². The van der Waals surface area contributed by atoms with Crippen molar-refractivity contribution in [1.29, 1.82) is 0 Å². The number of amides is 1. The van der Waals surface area contributed by atoms with E-state index in [2.05, 4.69) is 9.64 Å². The van der Waals surface area contributed by atoms with Gasteiger partial charge in [-0.25, -0.2) is 8.42 Å².